The lowest BCUT2D eigenvalue weighted by Gasteiger charge is -2.17. The van der Waals surface area contributed by atoms with E-state index in [1.54, 1.807) is 0 Å². The van der Waals surface area contributed by atoms with E-state index in [4.69, 9.17) is 0 Å². The number of benzene rings is 2. The van der Waals surface area contributed by atoms with E-state index in [2.05, 4.69) is 110 Å². The molecule has 1 aliphatic carbocycles. The largest absolute Gasteiger partial charge is 0.385 e. The molecule has 3 rings (SSSR count). The molecule has 158 valence electrons. The van der Waals surface area contributed by atoms with Gasteiger partial charge in [-0.25, -0.2) is 0 Å². The van der Waals surface area contributed by atoms with Gasteiger partial charge in [0.1, 0.15) is 0 Å². The van der Waals surface area contributed by atoms with Gasteiger partial charge in [0.25, 0.3) is 0 Å². The molecule has 2 aromatic carbocycles. The minimum Gasteiger partial charge on any atom is -0.385 e. The molecule has 0 aromatic heterocycles. The van der Waals surface area contributed by atoms with Crippen LogP contribution in [0.15, 0.2) is 82.9 Å². The third-order valence-corrected chi connectivity index (χ3v) is 4.92. The number of allylic oxidation sites excluding steroid dienone is 5. The molecule has 0 bridgehead atoms. The van der Waals surface area contributed by atoms with Crippen molar-refractivity contribution in [3.63, 3.8) is 0 Å². The Morgan fingerprint density at radius 3 is 1.67 bits per heavy atom. The first-order valence-electron chi connectivity index (χ1n) is 10.5. The zero-order valence-electron chi connectivity index (χ0n) is 18.3. The summed E-state index contributed by atoms with van der Waals surface area (Å²) in [5.41, 5.74) is 9.44. The lowest BCUT2D eigenvalue weighted by Crippen LogP contribution is -2.04. The molecule has 0 amide bonds. The van der Waals surface area contributed by atoms with Gasteiger partial charge in [0, 0.05) is 31.0 Å². The Labute approximate surface area is 187 Å². The Morgan fingerprint density at radius 1 is 0.767 bits per heavy atom. The van der Waals surface area contributed by atoms with Crippen molar-refractivity contribution in [3.05, 3.63) is 89.0 Å². The molecule has 0 fully saturated rings. The Balaban J connectivity index is 0.00000320. The predicted octanol–water partition coefficient (Wildman–Crippen LogP) is 6.75. The number of anilines is 2. The Bertz CT molecular complexity index is 897. The van der Waals surface area contributed by atoms with Crippen molar-refractivity contribution in [3.8, 4) is 0 Å². The molecule has 3 nitrogen and oxygen atoms in total. The van der Waals surface area contributed by atoms with Crippen LogP contribution in [0.25, 0.3) is 5.57 Å². The van der Waals surface area contributed by atoms with Crippen LogP contribution in [0.5, 0.6) is 0 Å². The molecule has 1 aliphatic rings. The average molecular weight is 422 g/mol. The van der Waals surface area contributed by atoms with E-state index in [1.165, 1.54) is 27.8 Å². The highest BCUT2D eigenvalue weighted by Crippen LogP contribution is 2.32. The van der Waals surface area contributed by atoms with Gasteiger partial charge in [0.05, 0.1) is 5.71 Å². The second-order valence-electron chi connectivity index (χ2n) is 7.07. The Kier molecular flexibility index (Phi) is 8.94. The van der Waals surface area contributed by atoms with E-state index < -0.39 is 0 Å². The summed E-state index contributed by atoms with van der Waals surface area (Å²) in [6.07, 6.45) is 6.57. The van der Waals surface area contributed by atoms with Crippen molar-refractivity contribution in [2.75, 3.05) is 30.3 Å². The molecule has 0 spiro atoms. The minimum atomic E-state index is 0. The molecule has 0 saturated heterocycles. The van der Waals surface area contributed by atoms with Crippen LogP contribution >= 0.6 is 12.4 Å². The summed E-state index contributed by atoms with van der Waals surface area (Å²) in [4.78, 5) is 4.59. The van der Waals surface area contributed by atoms with Crippen LogP contribution in [0.2, 0.25) is 0 Å². The fraction of sp³-hybridized carbons (Fsp3) is 0.269. The van der Waals surface area contributed by atoms with Gasteiger partial charge >= 0.3 is 0 Å². The zero-order chi connectivity index (χ0) is 20.6. The molecule has 0 unspecified atom stereocenters. The minimum absolute atomic E-state index is 0. The van der Waals surface area contributed by atoms with Crippen molar-refractivity contribution < 1.29 is 0 Å². The molecular formula is C26H32ClN3. The summed E-state index contributed by atoms with van der Waals surface area (Å²) < 4.78 is 0. The Morgan fingerprint density at radius 2 is 1.27 bits per heavy atom. The number of hydrogen-bond donors (Lipinski definition) is 2. The van der Waals surface area contributed by atoms with Crippen LogP contribution in [0, 0.1) is 0 Å². The molecule has 2 aromatic rings. The number of nitrogens with zero attached hydrogens (tertiary/aromatic N) is 1. The van der Waals surface area contributed by atoms with Crippen molar-refractivity contribution in [1.82, 2.24) is 0 Å². The number of aliphatic imine (C=N–C) groups is 1. The maximum atomic E-state index is 4.59. The smallest absolute Gasteiger partial charge is 0.0603 e. The third-order valence-electron chi connectivity index (χ3n) is 4.92. The quantitative estimate of drug-likeness (QED) is 0.518. The topological polar surface area (TPSA) is 36.4 Å². The number of rotatable bonds is 7. The number of nitrogens with one attached hydrogen (secondary N) is 2. The standard InChI is InChI=1S/C26H31N3.ClH/c1-5-27-23-13-8-20(9-14-23)26(21-10-15-24(16-11-21)28-6-2)22-12-17-25(29-7-3)19(4)18-22;/h8-18,27-28H,5-7H2,1-4H3;1H. The van der Waals surface area contributed by atoms with Gasteiger partial charge in [-0.05, 0) is 92.0 Å². The third kappa shape index (κ3) is 5.64. The molecule has 0 aliphatic heterocycles. The van der Waals surface area contributed by atoms with Gasteiger partial charge in [-0.2, -0.15) is 0 Å². The second-order valence-corrected chi connectivity index (χ2v) is 7.07. The molecular weight excluding hydrogens is 390 g/mol. The lowest BCUT2D eigenvalue weighted by atomic mass is 9.89. The number of halogens is 1. The molecule has 0 heterocycles. The van der Waals surface area contributed by atoms with Crippen molar-refractivity contribution in [1.29, 1.82) is 0 Å². The lowest BCUT2D eigenvalue weighted by molar-refractivity contribution is 1.13. The number of hydrogen-bond acceptors (Lipinski definition) is 3. The molecule has 2 N–H and O–H groups in total. The van der Waals surface area contributed by atoms with Crippen LogP contribution in [0.1, 0.15) is 38.8 Å². The van der Waals surface area contributed by atoms with Crippen LogP contribution in [0.3, 0.4) is 0 Å². The van der Waals surface area contributed by atoms with E-state index >= 15 is 0 Å². The molecule has 30 heavy (non-hydrogen) atoms. The highest BCUT2D eigenvalue weighted by molar-refractivity contribution is 6.10. The Hall–Kier alpha value is -2.78. The van der Waals surface area contributed by atoms with Crippen molar-refractivity contribution >= 4 is 35.1 Å². The van der Waals surface area contributed by atoms with Gasteiger partial charge < -0.3 is 10.6 Å². The fourth-order valence-electron chi connectivity index (χ4n) is 3.58. The molecule has 0 atom stereocenters. The average Bonchev–Trinajstić information content (AvgIpc) is 2.73. The van der Waals surface area contributed by atoms with Gasteiger partial charge in [-0.3, -0.25) is 4.99 Å². The van der Waals surface area contributed by atoms with Gasteiger partial charge in [-0.1, -0.05) is 30.3 Å². The monoisotopic (exact) mass is 421 g/mol. The van der Waals surface area contributed by atoms with Gasteiger partial charge in [0.2, 0.25) is 0 Å². The molecule has 4 heteroatoms. The molecule has 0 saturated carbocycles. The first kappa shape index (κ1) is 23.5. The van der Waals surface area contributed by atoms with E-state index in [0.717, 1.165) is 36.7 Å². The summed E-state index contributed by atoms with van der Waals surface area (Å²) in [7, 11) is 0. The van der Waals surface area contributed by atoms with Gasteiger partial charge in [-0.15, -0.1) is 12.4 Å². The summed E-state index contributed by atoms with van der Waals surface area (Å²) >= 11 is 0. The van der Waals surface area contributed by atoms with E-state index in [-0.39, 0.29) is 12.4 Å². The summed E-state index contributed by atoms with van der Waals surface area (Å²) in [6.45, 7) is 11.1. The summed E-state index contributed by atoms with van der Waals surface area (Å²) in [6, 6.07) is 17.4. The van der Waals surface area contributed by atoms with Crippen LogP contribution in [-0.4, -0.2) is 25.3 Å². The SMILES string of the molecule is CCN=C1C=CC(=C(c2ccc(NCC)cc2)c2ccc(NCC)cc2)C=C1C.Cl. The maximum absolute atomic E-state index is 4.59. The summed E-state index contributed by atoms with van der Waals surface area (Å²) in [5, 5.41) is 6.75. The van der Waals surface area contributed by atoms with E-state index in [9.17, 15) is 0 Å². The van der Waals surface area contributed by atoms with Crippen molar-refractivity contribution in [2.24, 2.45) is 4.99 Å². The highest BCUT2D eigenvalue weighted by atomic mass is 35.5. The predicted molar refractivity (Wildman–Crippen MR) is 135 cm³/mol. The van der Waals surface area contributed by atoms with Crippen LogP contribution < -0.4 is 10.6 Å². The highest BCUT2D eigenvalue weighted by Gasteiger charge is 2.13. The normalized spacial score (nSPS) is 14.2. The van der Waals surface area contributed by atoms with Crippen LogP contribution in [-0.2, 0) is 0 Å². The van der Waals surface area contributed by atoms with Crippen LogP contribution in [0.4, 0.5) is 11.4 Å². The fourth-order valence-corrected chi connectivity index (χ4v) is 3.58. The first-order chi connectivity index (χ1) is 14.2. The summed E-state index contributed by atoms with van der Waals surface area (Å²) in [5.74, 6) is 0. The molecule has 0 radical (unpaired) electrons. The first-order valence-corrected chi connectivity index (χ1v) is 10.5. The van der Waals surface area contributed by atoms with E-state index in [0.29, 0.717) is 0 Å². The zero-order valence-corrected chi connectivity index (χ0v) is 19.1. The van der Waals surface area contributed by atoms with Crippen molar-refractivity contribution in [2.45, 2.75) is 27.7 Å². The second kappa shape index (κ2) is 11.4. The van der Waals surface area contributed by atoms with Gasteiger partial charge in [0.15, 0.2) is 0 Å². The van der Waals surface area contributed by atoms with E-state index in [1.807, 2.05) is 0 Å². The maximum Gasteiger partial charge on any atom is 0.0603 e.